The minimum absolute atomic E-state index is 0.348. The minimum Gasteiger partial charge on any atom is -0.318 e. The second-order valence-electron chi connectivity index (χ2n) is 5.41. The summed E-state index contributed by atoms with van der Waals surface area (Å²) in [5.74, 6) is 0. The van der Waals surface area contributed by atoms with Gasteiger partial charge >= 0.3 is 0 Å². The summed E-state index contributed by atoms with van der Waals surface area (Å²) in [6.07, 6.45) is 0. The molecule has 0 aliphatic rings. The van der Waals surface area contributed by atoms with Gasteiger partial charge in [-0.25, -0.2) is 0 Å². The van der Waals surface area contributed by atoms with Crippen molar-refractivity contribution in [1.82, 2.24) is 10.6 Å². The summed E-state index contributed by atoms with van der Waals surface area (Å²) >= 11 is 0. The van der Waals surface area contributed by atoms with E-state index in [4.69, 9.17) is 0 Å². The molecule has 0 atom stereocenters. The number of hydrogen-bond donors (Lipinski definition) is 2. The maximum atomic E-state index is 3.47. The van der Waals surface area contributed by atoms with Crippen molar-refractivity contribution in [2.45, 2.75) is 34.6 Å². The van der Waals surface area contributed by atoms with Crippen LogP contribution >= 0.6 is 0 Å². The Balaban J connectivity index is 3.77. The maximum Gasteiger partial charge on any atom is 0.00768 e. The molecule has 0 aromatic carbocycles. The lowest BCUT2D eigenvalue weighted by atomic mass is 9.69. The zero-order valence-electron chi connectivity index (χ0n) is 10.1. The second kappa shape index (κ2) is 4.97. The van der Waals surface area contributed by atoms with Gasteiger partial charge in [0, 0.05) is 19.6 Å². The molecule has 0 spiro atoms. The van der Waals surface area contributed by atoms with Gasteiger partial charge < -0.3 is 10.6 Å². The summed E-state index contributed by atoms with van der Waals surface area (Å²) in [7, 11) is 1.98. The molecule has 0 bridgehead atoms. The van der Waals surface area contributed by atoms with E-state index in [1.54, 1.807) is 0 Å². The zero-order chi connectivity index (χ0) is 10.5. The fourth-order valence-corrected chi connectivity index (χ4v) is 0.879. The molecule has 0 aromatic rings. The van der Waals surface area contributed by atoms with E-state index in [-0.39, 0.29) is 0 Å². The van der Waals surface area contributed by atoms with Crippen molar-refractivity contribution in [3.63, 3.8) is 0 Å². The maximum absolute atomic E-state index is 3.47. The molecule has 2 N–H and O–H groups in total. The van der Waals surface area contributed by atoms with Crippen molar-refractivity contribution >= 4 is 0 Å². The molecule has 0 rings (SSSR count). The molecule has 13 heavy (non-hydrogen) atoms. The van der Waals surface area contributed by atoms with Crippen LogP contribution in [0, 0.1) is 10.8 Å². The average Bonchev–Trinajstić information content (AvgIpc) is 1.96. The van der Waals surface area contributed by atoms with Gasteiger partial charge in [0.15, 0.2) is 0 Å². The van der Waals surface area contributed by atoms with Gasteiger partial charge in [-0.05, 0) is 17.9 Å². The highest BCUT2D eigenvalue weighted by molar-refractivity contribution is 4.84. The molecule has 0 aromatic heterocycles. The highest BCUT2D eigenvalue weighted by atomic mass is 14.9. The van der Waals surface area contributed by atoms with Crippen LogP contribution < -0.4 is 10.6 Å². The smallest absolute Gasteiger partial charge is 0.00768 e. The van der Waals surface area contributed by atoms with Crippen LogP contribution in [0.1, 0.15) is 34.6 Å². The van der Waals surface area contributed by atoms with Crippen molar-refractivity contribution in [2.75, 3.05) is 26.7 Å². The monoisotopic (exact) mass is 186 g/mol. The molecule has 0 fully saturated rings. The van der Waals surface area contributed by atoms with Crippen LogP contribution in [0.15, 0.2) is 0 Å². The van der Waals surface area contributed by atoms with E-state index in [2.05, 4.69) is 45.3 Å². The van der Waals surface area contributed by atoms with E-state index >= 15 is 0 Å². The van der Waals surface area contributed by atoms with Crippen molar-refractivity contribution in [1.29, 1.82) is 0 Å². The van der Waals surface area contributed by atoms with Gasteiger partial charge in [-0.3, -0.25) is 0 Å². The average molecular weight is 186 g/mol. The quantitative estimate of drug-likeness (QED) is 0.641. The van der Waals surface area contributed by atoms with Crippen LogP contribution in [0.5, 0.6) is 0 Å². The molecule has 0 unspecified atom stereocenters. The topological polar surface area (TPSA) is 24.1 Å². The molecule has 0 saturated heterocycles. The molecular weight excluding hydrogens is 160 g/mol. The van der Waals surface area contributed by atoms with Gasteiger partial charge in [0.05, 0.1) is 0 Å². The van der Waals surface area contributed by atoms with Crippen LogP contribution in [0.25, 0.3) is 0 Å². The Bertz CT molecular complexity index is 134. The van der Waals surface area contributed by atoms with Gasteiger partial charge in [-0.15, -0.1) is 0 Å². The largest absolute Gasteiger partial charge is 0.318 e. The van der Waals surface area contributed by atoms with Crippen LogP contribution in [0.3, 0.4) is 0 Å². The van der Waals surface area contributed by atoms with Gasteiger partial charge in [0.25, 0.3) is 0 Å². The van der Waals surface area contributed by atoms with Gasteiger partial charge in [-0.1, -0.05) is 34.6 Å². The van der Waals surface area contributed by atoms with E-state index in [0.717, 1.165) is 19.6 Å². The van der Waals surface area contributed by atoms with Crippen molar-refractivity contribution in [2.24, 2.45) is 10.8 Å². The number of hydrogen-bond acceptors (Lipinski definition) is 2. The summed E-state index contributed by atoms with van der Waals surface area (Å²) < 4.78 is 0. The number of rotatable bonds is 5. The summed E-state index contributed by atoms with van der Waals surface area (Å²) in [4.78, 5) is 0. The first-order valence-corrected chi connectivity index (χ1v) is 5.16. The van der Waals surface area contributed by atoms with E-state index in [0.29, 0.717) is 10.8 Å². The number of likely N-dealkylation sites (N-methyl/N-ethyl adjacent to an activating group) is 1. The molecule has 0 amide bonds. The lowest BCUT2D eigenvalue weighted by Gasteiger charge is -2.39. The van der Waals surface area contributed by atoms with Crippen LogP contribution in [-0.4, -0.2) is 26.7 Å². The predicted molar refractivity (Wildman–Crippen MR) is 60.0 cm³/mol. The fraction of sp³-hybridized carbons (Fsp3) is 1.00. The Labute approximate surface area is 83.5 Å². The molecule has 80 valence electrons. The molecule has 0 aliphatic heterocycles. The third kappa shape index (κ3) is 4.63. The first-order chi connectivity index (χ1) is 5.81. The highest BCUT2D eigenvalue weighted by Crippen LogP contribution is 2.36. The van der Waals surface area contributed by atoms with Crippen LogP contribution in [-0.2, 0) is 0 Å². The van der Waals surface area contributed by atoms with Crippen LogP contribution in [0.2, 0.25) is 0 Å². The summed E-state index contributed by atoms with van der Waals surface area (Å²) in [5, 5.41) is 6.60. The molecule has 0 saturated carbocycles. The Hall–Kier alpha value is -0.0800. The van der Waals surface area contributed by atoms with Gasteiger partial charge in [-0.2, -0.15) is 0 Å². The van der Waals surface area contributed by atoms with Crippen molar-refractivity contribution in [3.05, 3.63) is 0 Å². The second-order valence-corrected chi connectivity index (χ2v) is 5.41. The number of nitrogens with one attached hydrogen (secondary N) is 2. The summed E-state index contributed by atoms with van der Waals surface area (Å²) in [5.41, 5.74) is 0.709. The van der Waals surface area contributed by atoms with Crippen molar-refractivity contribution in [3.8, 4) is 0 Å². The molecule has 2 heteroatoms. The molecular formula is C11H26N2. The normalized spacial score (nSPS) is 13.4. The first kappa shape index (κ1) is 12.9. The Morgan fingerprint density at radius 2 is 1.46 bits per heavy atom. The Kier molecular flexibility index (Phi) is 4.93. The molecule has 2 nitrogen and oxygen atoms in total. The highest BCUT2D eigenvalue weighted by Gasteiger charge is 2.31. The lowest BCUT2D eigenvalue weighted by Crippen LogP contribution is -2.41. The first-order valence-electron chi connectivity index (χ1n) is 5.16. The fourth-order valence-electron chi connectivity index (χ4n) is 0.879. The van der Waals surface area contributed by atoms with Crippen LogP contribution in [0.4, 0.5) is 0 Å². The Morgan fingerprint density at radius 1 is 0.923 bits per heavy atom. The van der Waals surface area contributed by atoms with E-state index in [9.17, 15) is 0 Å². The SMILES string of the molecule is CNCCNCC(C)(C)C(C)(C)C. The van der Waals surface area contributed by atoms with Crippen molar-refractivity contribution < 1.29 is 0 Å². The third-order valence-corrected chi connectivity index (χ3v) is 3.15. The zero-order valence-corrected chi connectivity index (χ0v) is 10.1. The minimum atomic E-state index is 0.348. The summed E-state index contributed by atoms with van der Waals surface area (Å²) in [6, 6.07) is 0. The van der Waals surface area contributed by atoms with Gasteiger partial charge in [0.2, 0.25) is 0 Å². The molecule has 0 heterocycles. The third-order valence-electron chi connectivity index (χ3n) is 3.15. The molecule has 0 radical (unpaired) electrons. The molecule has 0 aliphatic carbocycles. The van der Waals surface area contributed by atoms with E-state index in [1.165, 1.54) is 0 Å². The van der Waals surface area contributed by atoms with E-state index in [1.807, 2.05) is 7.05 Å². The van der Waals surface area contributed by atoms with Gasteiger partial charge in [0.1, 0.15) is 0 Å². The standard InChI is InChI=1S/C11H26N2/c1-10(2,3)11(4,5)9-13-8-7-12-6/h12-13H,7-9H2,1-6H3. The summed E-state index contributed by atoms with van der Waals surface area (Å²) in [6.45, 7) is 14.7. The van der Waals surface area contributed by atoms with E-state index < -0.39 is 0 Å². The predicted octanol–water partition coefficient (Wildman–Crippen LogP) is 1.87. The lowest BCUT2D eigenvalue weighted by molar-refractivity contribution is 0.130. The Morgan fingerprint density at radius 3 is 1.85 bits per heavy atom.